The molecular formula is C16H14FNO2S. The average molecular weight is 303 g/mol. The van der Waals surface area contributed by atoms with Crippen molar-refractivity contribution in [1.29, 1.82) is 0 Å². The van der Waals surface area contributed by atoms with Gasteiger partial charge in [0.05, 0.1) is 5.88 Å². The Bertz CT molecular complexity index is 639. The monoisotopic (exact) mass is 303 g/mol. The molecule has 2 aromatic rings. The molecule has 1 saturated heterocycles. The minimum Gasteiger partial charge on any atom is -0.457 e. The Kier molecular flexibility index (Phi) is 4.10. The second-order valence-electron chi connectivity index (χ2n) is 4.69. The first-order chi connectivity index (χ1) is 10.2. The van der Waals surface area contributed by atoms with E-state index in [0.717, 1.165) is 18.2 Å². The summed E-state index contributed by atoms with van der Waals surface area (Å²) in [6, 6.07) is 12.9. The van der Waals surface area contributed by atoms with Gasteiger partial charge in [-0.25, -0.2) is 4.39 Å². The molecule has 1 aliphatic heterocycles. The van der Waals surface area contributed by atoms with Gasteiger partial charge in [-0.05, 0) is 42.5 Å². The fourth-order valence-electron chi connectivity index (χ4n) is 2.09. The van der Waals surface area contributed by atoms with Crippen molar-refractivity contribution in [2.24, 2.45) is 0 Å². The Morgan fingerprint density at radius 1 is 1.14 bits per heavy atom. The van der Waals surface area contributed by atoms with Gasteiger partial charge >= 0.3 is 0 Å². The molecule has 2 aromatic carbocycles. The summed E-state index contributed by atoms with van der Waals surface area (Å²) in [5, 5.41) is 0. The minimum atomic E-state index is -0.308. The van der Waals surface area contributed by atoms with Crippen molar-refractivity contribution in [3.8, 4) is 11.5 Å². The van der Waals surface area contributed by atoms with E-state index in [2.05, 4.69) is 0 Å². The molecule has 3 nitrogen and oxygen atoms in total. The number of thioether (sulfide) groups is 1. The van der Waals surface area contributed by atoms with Crippen LogP contribution in [0.1, 0.15) is 10.4 Å². The smallest absolute Gasteiger partial charge is 0.254 e. The highest BCUT2D eigenvalue weighted by Gasteiger charge is 2.20. The van der Waals surface area contributed by atoms with E-state index in [1.165, 1.54) is 12.1 Å². The third-order valence-electron chi connectivity index (χ3n) is 3.17. The van der Waals surface area contributed by atoms with E-state index in [1.807, 2.05) is 4.90 Å². The molecule has 108 valence electrons. The van der Waals surface area contributed by atoms with Crippen LogP contribution >= 0.6 is 11.8 Å². The molecule has 0 aromatic heterocycles. The molecule has 1 heterocycles. The maximum Gasteiger partial charge on any atom is 0.254 e. The maximum absolute atomic E-state index is 12.9. The summed E-state index contributed by atoms with van der Waals surface area (Å²) in [5.74, 6) is 2.54. The van der Waals surface area contributed by atoms with Crippen LogP contribution in [0.5, 0.6) is 11.5 Å². The van der Waals surface area contributed by atoms with Gasteiger partial charge in [-0.1, -0.05) is 6.07 Å². The second-order valence-corrected chi connectivity index (χ2v) is 5.76. The number of hydrogen-bond donors (Lipinski definition) is 0. The lowest BCUT2D eigenvalue weighted by molar-refractivity contribution is 0.0802. The number of carbonyl (C=O) groups is 1. The molecule has 21 heavy (non-hydrogen) atoms. The molecule has 0 saturated carbocycles. The molecular weight excluding hydrogens is 289 g/mol. The third kappa shape index (κ3) is 3.36. The van der Waals surface area contributed by atoms with Crippen LogP contribution in [-0.2, 0) is 0 Å². The number of hydrogen-bond acceptors (Lipinski definition) is 3. The number of halogens is 1. The first-order valence-corrected chi connectivity index (χ1v) is 7.78. The van der Waals surface area contributed by atoms with Gasteiger partial charge in [0.25, 0.3) is 5.91 Å². The predicted molar refractivity (Wildman–Crippen MR) is 81.3 cm³/mol. The van der Waals surface area contributed by atoms with Crippen LogP contribution in [0.15, 0.2) is 48.5 Å². The van der Waals surface area contributed by atoms with E-state index < -0.39 is 0 Å². The molecule has 0 bridgehead atoms. The maximum atomic E-state index is 12.9. The zero-order chi connectivity index (χ0) is 14.7. The number of rotatable bonds is 3. The van der Waals surface area contributed by atoms with Crippen molar-refractivity contribution in [3.63, 3.8) is 0 Å². The summed E-state index contributed by atoms with van der Waals surface area (Å²) in [6.45, 7) is 0.784. The molecule has 1 aliphatic rings. The molecule has 0 radical (unpaired) electrons. The Morgan fingerprint density at radius 3 is 2.67 bits per heavy atom. The largest absolute Gasteiger partial charge is 0.457 e. The van der Waals surface area contributed by atoms with Crippen LogP contribution in [0.4, 0.5) is 4.39 Å². The number of benzene rings is 2. The van der Waals surface area contributed by atoms with Crippen LogP contribution < -0.4 is 4.74 Å². The van der Waals surface area contributed by atoms with Crippen molar-refractivity contribution >= 4 is 17.7 Å². The van der Waals surface area contributed by atoms with Crippen LogP contribution in [0.2, 0.25) is 0 Å². The fraction of sp³-hybridized carbons (Fsp3) is 0.188. The van der Waals surface area contributed by atoms with Crippen LogP contribution in [0.25, 0.3) is 0 Å². The first kappa shape index (κ1) is 13.9. The number of ether oxygens (including phenoxy) is 1. The van der Waals surface area contributed by atoms with Gasteiger partial charge in [-0.2, -0.15) is 0 Å². The lowest BCUT2D eigenvalue weighted by atomic mass is 10.2. The van der Waals surface area contributed by atoms with Crippen LogP contribution in [0.3, 0.4) is 0 Å². The lowest BCUT2D eigenvalue weighted by Crippen LogP contribution is -2.27. The summed E-state index contributed by atoms with van der Waals surface area (Å²) < 4.78 is 18.5. The second kappa shape index (κ2) is 6.18. The van der Waals surface area contributed by atoms with Gasteiger partial charge in [0.1, 0.15) is 17.3 Å². The van der Waals surface area contributed by atoms with Gasteiger partial charge in [-0.15, -0.1) is 11.8 Å². The zero-order valence-corrected chi connectivity index (χ0v) is 12.1. The summed E-state index contributed by atoms with van der Waals surface area (Å²) in [6.07, 6.45) is 0. The zero-order valence-electron chi connectivity index (χ0n) is 11.3. The average Bonchev–Trinajstić information content (AvgIpc) is 3.03. The Hall–Kier alpha value is -2.01. The summed E-state index contributed by atoms with van der Waals surface area (Å²) in [5.41, 5.74) is 0.608. The lowest BCUT2D eigenvalue weighted by Gasteiger charge is -2.15. The predicted octanol–water partition coefficient (Wildman–Crippen LogP) is 3.76. The Morgan fingerprint density at radius 2 is 1.95 bits per heavy atom. The minimum absolute atomic E-state index is 0.0181. The topological polar surface area (TPSA) is 29.5 Å². The van der Waals surface area contributed by atoms with Gasteiger partial charge < -0.3 is 9.64 Å². The molecule has 3 rings (SSSR count). The van der Waals surface area contributed by atoms with E-state index in [9.17, 15) is 9.18 Å². The molecule has 0 aliphatic carbocycles. The van der Waals surface area contributed by atoms with E-state index in [0.29, 0.717) is 17.1 Å². The quantitative estimate of drug-likeness (QED) is 0.864. The molecule has 0 atom stereocenters. The molecule has 0 N–H and O–H groups in total. The van der Waals surface area contributed by atoms with Crippen molar-refractivity contribution < 1.29 is 13.9 Å². The van der Waals surface area contributed by atoms with E-state index in [4.69, 9.17) is 4.74 Å². The molecule has 0 unspecified atom stereocenters. The Labute approximate surface area is 126 Å². The van der Waals surface area contributed by atoms with Crippen molar-refractivity contribution in [2.75, 3.05) is 18.2 Å². The summed E-state index contributed by atoms with van der Waals surface area (Å²) in [4.78, 5) is 14.1. The van der Waals surface area contributed by atoms with Gasteiger partial charge in [0.15, 0.2) is 0 Å². The van der Waals surface area contributed by atoms with Gasteiger partial charge in [0, 0.05) is 17.9 Å². The van der Waals surface area contributed by atoms with Crippen molar-refractivity contribution in [3.05, 3.63) is 59.9 Å². The molecule has 0 spiro atoms. The SMILES string of the molecule is O=C(c1cccc(Oc2ccc(F)cc2)c1)N1CCSC1. The summed E-state index contributed by atoms with van der Waals surface area (Å²) in [7, 11) is 0. The number of nitrogens with zero attached hydrogens (tertiary/aromatic N) is 1. The molecule has 1 amide bonds. The first-order valence-electron chi connectivity index (χ1n) is 6.63. The highest BCUT2D eigenvalue weighted by molar-refractivity contribution is 7.99. The number of carbonyl (C=O) groups excluding carboxylic acids is 1. The Balaban J connectivity index is 1.76. The van der Waals surface area contributed by atoms with Crippen LogP contribution in [0, 0.1) is 5.82 Å². The van der Waals surface area contributed by atoms with Crippen molar-refractivity contribution in [1.82, 2.24) is 4.90 Å². The summed E-state index contributed by atoms with van der Waals surface area (Å²) >= 11 is 1.75. The highest BCUT2D eigenvalue weighted by atomic mass is 32.2. The fourth-order valence-corrected chi connectivity index (χ4v) is 3.03. The molecule has 1 fully saturated rings. The van der Waals surface area contributed by atoms with Crippen molar-refractivity contribution in [2.45, 2.75) is 0 Å². The van der Waals surface area contributed by atoms with Gasteiger partial charge in [0.2, 0.25) is 0 Å². The number of amides is 1. The van der Waals surface area contributed by atoms with E-state index in [1.54, 1.807) is 48.2 Å². The van der Waals surface area contributed by atoms with E-state index in [-0.39, 0.29) is 11.7 Å². The normalized spacial score (nSPS) is 14.2. The van der Waals surface area contributed by atoms with E-state index >= 15 is 0 Å². The van der Waals surface area contributed by atoms with Crippen LogP contribution in [-0.4, -0.2) is 29.0 Å². The highest BCUT2D eigenvalue weighted by Crippen LogP contribution is 2.24. The molecule has 5 heteroatoms. The van der Waals surface area contributed by atoms with Gasteiger partial charge in [-0.3, -0.25) is 4.79 Å². The standard InChI is InChI=1S/C16H14FNO2S/c17-13-4-6-14(7-5-13)20-15-3-1-2-12(10-15)16(19)18-8-9-21-11-18/h1-7,10H,8-9,11H2. The third-order valence-corrected chi connectivity index (χ3v) is 4.14.